The number of hydrogen-bond donors (Lipinski definition) is 0. The number of fused-ring (bicyclic) bond motifs is 1. The minimum Gasteiger partial charge on any atom is -0.330 e. The molecule has 0 aliphatic carbocycles. The second-order valence-electron chi connectivity index (χ2n) is 8.60. The molecule has 2 heterocycles. The van der Waals surface area contributed by atoms with E-state index in [0.29, 0.717) is 6.54 Å². The number of hydrogen-bond acceptors (Lipinski definition) is 2. The van der Waals surface area contributed by atoms with Gasteiger partial charge in [0.25, 0.3) is 5.91 Å². The molecule has 28 heavy (non-hydrogen) atoms. The lowest BCUT2D eigenvalue weighted by Gasteiger charge is -2.26. The minimum absolute atomic E-state index is 0.188. The van der Waals surface area contributed by atoms with E-state index in [1.54, 1.807) is 0 Å². The van der Waals surface area contributed by atoms with Gasteiger partial charge < -0.3 is 9.80 Å². The molecule has 1 fully saturated rings. The lowest BCUT2D eigenvalue weighted by atomic mass is 9.98. The van der Waals surface area contributed by atoms with Gasteiger partial charge >= 0.3 is 0 Å². The molecule has 0 saturated carbocycles. The Labute approximate surface area is 169 Å². The van der Waals surface area contributed by atoms with Crippen molar-refractivity contribution in [2.24, 2.45) is 0 Å². The zero-order valence-electron chi connectivity index (χ0n) is 17.3. The Morgan fingerprint density at radius 1 is 0.929 bits per heavy atom. The summed E-state index contributed by atoms with van der Waals surface area (Å²) in [6.45, 7) is 9.36. The first kappa shape index (κ1) is 19.2. The largest absolute Gasteiger partial charge is 0.330 e. The van der Waals surface area contributed by atoms with Crippen LogP contribution in [0, 0.1) is 13.8 Å². The van der Waals surface area contributed by atoms with Crippen LogP contribution in [0.4, 0.5) is 0 Å². The standard InChI is InChI=1S/C25H32N2O/c1-19-8-10-21(11-9-19)17-27-18-23-16-22(15-20(2)24(23)25(27)28)7-6-14-26-12-4-3-5-13-26/h8-11,15-16H,3-7,12-14,17-18H2,1-2H3. The van der Waals surface area contributed by atoms with E-state index in [0.717, 1.165) is 24.1 Å². The van der Waals surface area contributed by atoms with E-state index < -0.39 is 0 Å². The number of likely N-dealkylation sites (tertiary alicyclic amines) is 1. The Morgan fingerprint density at radius 2 is 1.68 bits per heavy atom. The van der Waals surface area contributed by atoms with Gasteiger partial charge in [-0.1, -0.05) is 48.4 Å². The number of carbonyl (C=O) groups is 1. The van der Waals surface area contributed by atoms with Crippen molar-refractivity contribution in [3.8, 4) is 0 Å². The quantitative estimate of drug-likeness (QED) is 0.717. The van der Waals surface area contributed by atoms with Crippen LogP contribution in [0.5, 0.6) is 0 Å². The first-order chi connectivity index (χ1) is 13.6. The van der Waals surface area contributed by atoms with Crippen LogP contribution in [-0.4, -0.2) is 35.3 Å². The zero-order chi connectivity index (χ0) is 19.5. The third-order valence-electron chi connectivity index (χ3n) is 6.22. The van der Waals surface area contributed by atoms with Crippen molar-refractivity contribution in [2.75, 3.05) is 19.6 Å². The number of amides is 1. The van der Waals surface area contributed by atoms with Gasteiger partial charge in [0.1, 0.15) is 0 Å². The van der Waals surface area contributed by atoms with E-state index in [1.807, 2.05) is 4.90 Å². The summed E-state index contributed by atoms with van der Waals surface area (Å²) < 4.78 is 0. The molecule has 1 amide bonds. The Kier molecular flexibility index (Phi) is 5.82. The molecular formula is C25H32N2O. The van der Waals surface area contributed by atoms with Gasteiger partial charge in [-0.25, -0.2) is 0 Å². The highest BCUT2D eigenvalue weighted by atomic mass is 16.2. The molecule has 2 aromatic carbocycles. The maximum Gasteiger partial charge on any atom is 0.255 e. The van der Waals surface area contributed by atoms with Crippen LogP contribution in [0.25, 0.3) is 0 Å². The maximum absolute atomic E-state index is 12.9. The lowest BCUT2D eigenvalue weighted by molar-refractivity contribution is 0.0766. The summed E-state index contributed by atoms with van der Waals surface area (Å²) in [6.07, 6.45) is 6.43. The SMILES string of the molecule is Cc1ccc(CN2Cc3cc(CCCN4CCCCC4)cc(C)c3C2=O)cc1. The fraction of sp³-hybridized carbons (Fsp3) is 0.480. The molecule has 0 unspecified atom stereocenters. The molecule has 0 spiro atoms. The molecule has 1 saturated heterocycles. The maximum atomic E-state index is 12.9. The molecule has 2 aliphatic heterocycles. The summed E-state index contributed by atoms with van der Waals surface area (Å²) in [6, 6.07) is 13.0. The number of nitrogens with zero attached hydrogens (tertiary/aromatic N) is 2. The number of piperidine rings is 1. The zero-order valence-corrected chi connectivity index (χ0v) is 17.3. The van der Waals surface area contributed by atoms with E-state index in [-0.39, 0.29) is 5.91 Å². The van der Waals surface area contributed by atoms with Crippen LogP contribution in [0.1, 0.15) is 63.9 Å². The summed E-state index contributed by atoms with van der Waals surface area (Å²) in [5, 5.41) is 0. The molecule has 0 bridgehead atoms. The van der Waals surface area contributed by atoms with Gasteiger partial charge in [0.2, 0.25) is 0 Å². The van der Waals surface area contributed by atoms with Crippen molar-refractivity contribution in [2.45, 2.75) is 59.0 Å². The predicted molar refractivity (Wildman–Crippen MR) is 115 cm³/mol. The molecule has 0 radical (unpaired) electrons. The fourth-order valence-corrected chi connectivity index (χ4v) is 4.68. The lowest BCUT2D eigenvalue weighted by Crippen LogP contribution is -2.30. The minimum atomic E-state index is 0.188. The van der Waals surface area contributed by atoms with Crippen LogP contribution in [0.15, 0.2) is 36.4 Å². The van der Waals surface area contributed by atoms with Crippen molar-refractivity contribution in [1.82, 2.24) is 9.80 Å². The first-order valence-corrected chi connectivity index (χ1v) is 10.8. The highest BCUT2D eigenvalue weighted by Gasteiger charge is 2.29. The Balaban J connectivity index is 1.40. The average Bonchev–Trinajstić information content (AvgIpc) is 3.00. The molecule has 2 aromatic rings. The van der Waals surface area contributed by atoms with Gasteiger partial charge in [-0.15, -0.1) is 0 Å². The van der Waals surface area contributed by atoms with E-state index in [9.17, 15) is 4.79 Å². The van der Waals surface area contributed by atoms with Crippen LogP contribution in [0.3, 0.4) is 0 Å². The predicted octanol–water partition coefficient (Wildman–Crippen LogP) is 4.88. The molecule has 4 rings (SSSR count). The van der Waals surface area contributed by atoms with Gasteiger partial charge in [-0.2, -0.15) is 0 Å². The normalized spacial score (nSPS) is 17.2. The van der Waals surface area contributed by atoms with Crippen molar-refractivity contribution in [3.05, 3.63) is 69.8 Å². The molecule has 2 aliphatic rings. The average molecular weight is 377 g/mol. The Morgan fingerprint density at radius 3 is 2.43 bits per heavy atom. The van der Waals surface area contributed by atoms with E-state index in [2.05, 4.69) is 55.1 Å². The van der Waals surface area contributed by atoms with Gasteiger partial charge in [0.15, 0.2) is 0 Å². The van der Waals surface area contributed by atoms with Crippen LogP contribution in [0.2, 0.25) is 0 Å². The smallest absolute Gasteiger partial charge is 0.255 e. The van der Waals surface area contributed by atoms with E-state index in [4.69, 9.17) is 0 Å². The summed E-state index contributed by atoms with van der Waals surface area (Å²) in [5.74, 6) is 0.188. The van der Waals surface area contributed by atoms with Crippen molar-refractivity contribution in [1.29, 1.82) is 0 Å². The number of benzene rings is 2. The summed E-state index contributed by atoms with van der Waals surface area (Å²) >= 11 is 0. The number of aryl methyl sites for hydroxylation is 3. The summed E-state index contributed by atoms with van der Waals surface area (Å²) in [5.41, 5.74) is 7.13. The third-order valence-corrected chi connectivity index (χ3v) is 6.22. The van der Waals surface area contributed by atoms with Gasteiger partial charge in [-0.05, 0) is 81.4 Å². The molecule has 148 valence electrons. The highest BCUT2D eigenvalue weighted by Crippen LogP contribution is 2.29. The van der Waals surface area contributed by atoms with E-state index in [1.165, 1.54) is 67.6 Å². The van der Waals surface area contributed by atoms with Gasteiger partial charge in [0.05, 0.1) is 0 Å². The molecule has 3 nitrogen and oxygen atoms in total. The Hall–Kier alpha value is -2.13. The fourth-order valence-electron chi connectivity index (χ4n) is 4.68. The topological polar surface area (TPSA) is 23.6 Å². The number of rotatable bonds is 6. The van der Waals surface area contributed by atoms with E-state index >= 15 is 0 Å². The molecule has 0 aromatic heterocycles. The van der Waals surface area contributed by atoms with Crippen LogP contribution in [-0.2, 0) is 19.5 Å². The second-order valence-corrected chi connectivity index (χ2v) is 8.60. The van der Waals surface area contributed by atoms with Crippen molar-refractivity contribution >= 4 is 5.91 Å². The molecule has 0 atom stereocenters. The molecular weight excluding hydrogens is 344 g/mol. The third kappa shape index (κ3) is 4.30. The molecule has 0 N–H and O–H groups in total. The van der Waals surface area contributed by atoms with Crippen molar-refractivity contribution < 1.29 is 4.79 Å². The first-order valence-electron chi connectivity index (χ1n) is 10.8. The summed E-state index contributed by atoms with van der Waals surface area (Å²) in [7, 11) is 0. The van der Waals surface area contributed by atoms with Crippen molar-refractivity contribution in [3.63, 3.8) is 0 Å². The van der Waals surface area contributed by atoms with Gasteiger partial charge in [0, 0.05) is 18.7 Å². The second kappa shape index (κ2) is 8.48. The van der Waals surface area contributed by atoms with Crippen LogP contribution < -0.4 is 0 Å². The highest BCUT2D eigenvalue weighted by molar-refractivity contribution is 5.99. The van der Waals surface area contributed by atoms with Crippen LogP contribution >= 0.6 is 0 Å². The monoisotopic (exact) mass is 376 g/mol. The Bertz CT molecular complexity index is 834. The van der Waals surface area contributed by atoms with Gasteiger partial charge in [-0.3, -0.25) is 4.79 Å². The molecule has 3 heteroatoms. The summed E-state index contributed by atoms with van der Waals surface area (Å²) in [4.78, 5) is 17.5. The number of carbonyl (C=O) groups excluding carboxylic acids is 1.